The average Bonchev–Trinajstić information content (AvgIpc) is 3.22. The first kappa shape index (κ1) is 25.7. The summed E-state index contributed by atoms with van der Waals surface area (Å²) in [7, 11) is 5.06. The van der Waals surface area contributed by atoms with E-state index in [4.69, 9.17) is 9.73 Å². The number of fused-ring (bicyclic) bond motifs is 1. The number of nitrogens with one attached hydrogen (secondary N) is 1. The number of carbonyl (C=O) groups excluding carboxylic acids is 2. The van der Waals surface area contributed by atoms with Crippen molar-refractivity contribution in [2.24, 2.45) is 4.99 Å². The molecule has 4 aromatic rings. The molecule has 0 saturated heterocycles. The lowest BCUT2D eigenvalue weighted by Gasteiger charge is -2.23. The molecule has 0 fully saturated rings. The minimum absolute atomic E-state index is 0.0174. The molecule has 3 aromatic carbocycles. The van der Waals surface area contributed by atoms with E-state index in [9.17, 15) is 14.7 Å². The van der Waals surface area contributed by atoms with E-state index < -0.39 is 5.97 Å². The van der Waals surface area contributed by atoms with E-state index in [2.05, 4.69) is 4.98 Å². The number of ether oxygens (including phenoxy) is 1. The number of benzene rings is 3. The Labute approximate surface area is 215 Å². The molecule has 8 nitrogen and oxygen atoms in total. The van der Waals surface area contributed by atoms with Gasteiger partial charge in [-0.2, -0.15) is 0 Å². The number of nitrogens with zero attached hydrogens (tertiary/aromatic N) is 3. The van der Waals surface area contributed by atoms with E-state index in [1.807, 2.05) is 80.5 Å². The molecule has 1 amide bonds. The first-order valence-electron chi connectivity index (χ1n) is 11.9. The second kappa shape index (κ2) is 11.1. The highest BCUT2D eigenvalue weighted by Gasteiger charge is 2.20. The second-order valence-electron chi connectivity index (χ2n) is 8.82. The fourth-order valence-electron chi connectivity index (χ4n) is 4.22. The molecule has 0 radical (unpaired) electrons. The molecule has 0 aliphatic heterocycles. The number of amides is 1. The van der Waals surface area contributed by atoms with Crippen molar-refractivity contribution in [3.63, 3.8) is 0 Å². The molecule has 190 valence electrons. The zero-order chi connectivity index (χ0) is 26.5. The van der Waals surface area contributed by atoms with Gasteiger partial charge in [-0.05, 0) is 57.4 Å². The third kappa shape index (κ3) is 5.54. The van der Waals surface area contributed by atoms with Gasteiger partial charge in [0.05, 0.1) is 36.2 Å². The van der Waals surface area contributed by atoms with Gasteiger partial charge >= 0.3 is 5.97 Å². The highest BCUT2D eigenvalue weighted by Crippen LogP contribution is 2.32. The zero-order valence-electron chi connectivity index (χ0n) is 21.4. The molecule has 0 unspecified atom stereocenters. The first-order valence-corrected chi connectivity index (χ1v) is 11.9. The van der Waals surface area contributed by atoms with Crippen LogP contribution in [0.15, 0.2) is 77.8 Å². The maximum Gasteiger partial charge on any atom is 0.337 e. The van der Waals surface area contributed by atoms with E-state index in [1.54, 1.807) is 23.1 Å². The quantitative estimate of drug-likeness (QED) is 0.270. The Kier molecular flexibility index (Phi) is 7.69. The van der Waals surface area contributed by atoms with Crippen LogP contribution >= 0.6 is 0 Å². The Morgan fingerprint density at radius 2 is 1.68 bits per heavy atom. The minimum atomic E-state index is -0.459. The molecule has 0 saturated carbocycles. The summed E-state index contributed by atoms with van der Waals surface area (Å²) in [6.45, 7) is 2.82. The van der Waals surface area contributed by atoms with Gasteiger partial charge in [0.1, 0.15) is 0 Å². The number of rotatable bonds is 8. The van der Waals surface area contributed by atoms with Crippen LogP contribution in [0.5, 0.6) is 5.88 Å². The predicted octanol–water partition coefficient (Wildman–Crippen LogP) is 4.74. The summed E-state index contributed by atoms with van der Waals surface area (Å²) in [5.74, 6) is -0.494. The SMILES string of the molecule is CCN(C(=O)CN(C)C)c1ccc(N=C(c2ccccc2)c2c(O)[nH]c3cc(C(=O)OC)ccc23)cc1. The lowest BCUT2D eigenvalue weighted by Crippen LogP contribution is -2.37. The van der Waals surface area contributed by atoms with Gasteiger partial charge in [-0.3, -0.25) is 4.79 Å². The molecule has 8 heteroatoms. The van der Waals surface area contributed by atoms with Gasteiger partial charge in [0, 0.05) is 28.7 Å². The van der Waals surface area contributed by atoms with Crippen molar-refractivity contribution in [1.29, 1.82) is 0 Å². The molecule has 0 atom stereocenters. The second-order valence-corrected chi connectivity index (χ2v) is 8.82. The smallest absolute Gasteiger partial charge is 0.337 e. The fourth-order valence-corrected chi connectivity index (χ4v) is 4.22. The van der Waals surface area contributed by atoms with Crippen LogP contribution in [0.25, 0.3) is 10.9 Å². The van der Waals surface area contributed by atoms with Crippen LogP contribution in [-0.2, 0) is 9.53 Å². The molecule has 1 aromatic heterocycles. The third-order valence-electron chi connectivity index (χ3n) is 5.95. The van der Waals surface area contributed by atoms with Crippen LogP contribution in [0.4, 0.5) is 11.4 Å². The summed E-state index contributed by atoms with van der Waals surface area (Å²) in [4.78, 5) is 36.1. The number of aromatic amines is 1. The van der Waals surface area contributed by atoms with Gasteiger partial charge in [0.25, 0.3) is 0 Å². The molecule has 0 aliphatic carbocycles. The predicted molar refractivity (Wildman–Crippen MR) is 146 cm³/mol. The van der Waals surface area contributed by atoms with Crippen LogP contribution in [0, 0.1) is 0 Å². The van der Waals surface area contributed by atoms with Gasteiger partial charge in [-0.15, -0.1) is 0 Å². The van der Waals surface area contributed by atoms with Crippen molar-refractivity contribution in [1.82, 2.24) is 9.88 Å². The Hall–Kier alpha value is -4.43. The highest BCUT2D eigenvalue weighted by atomic mass is 16.5. The Morgan fingerprint density at radius 3 is 2.30 bits per heavy atom. The molecular weight excluding hydrogens is 468 g/mol. The van der Waals surface area contributed by atoms with E-state index in [1.165, 1.54) is 7.11 Å². The Balaban J connectivity index is 1.78. The minimum Gasteiger partial charge on any atom is -0.494 e. The Bertz CT molecular complexity index is 1440. The summed E-state index contributed by atoms with van der Waals surface area (Å²) < 4.78 is 4.82. The number of aromatic nitrogens is 1. The molecule has 37 heavy (non-hydrogen) atoms. The standard InChI is InChI=1S/C29H30N4O4/c1-5-33(25(34)18-32(2)3)22-14-12-21(13-15-22)30-27(19-9-7-6-8-10-19)26-23-16-11-20(29(36)37-4)17-24(23)31-28(26)35/h6-17,31,35H,5,18H2,1-4H3. The molecule has 0 bridgehead atoms. The number of aliphatic imine (C=N–C) groups is 1. The normalized spacial score (nSPS) is 11.6. The molecule has 0 aliphatic rings. The van der Waals surface area contributed by atoms with Gasteiger partial charge in [-0.1, -0.05) is 36.4 Å². The summed E-state index contributed by atoms with van der Waals surface area (Å²) in [5.41, 5.74) is 4.33. The fraction of sp³-hybridized carbons (Fsp3) is 0.207. The van der Waals surface area contributed by atoms with Crippen molar-refractivity contribution >= 4 is 39.9 Å². The monoisotopic (exact) mass is 498 g/mol. The van der Waals surface area contributed by atoms with Gasteiger partial charge < -0.3 is 24.6 Å². The maximum atomic E-state index is 12.6. The van der Waals surface area contributed by atoms with Crippen LogP contribution < -0.4 is 4.90 Å². The summed E-state index contributed by atoms with van der Waals surface area (Å²) in [6.07, 6.45) is 0. The number of hydrogen-bond acceptors (Lipinski definition) is 6. The number of likely N-dealkylation sites (N-methyl/N-ethyl adjacent to an activating group) is 2. The highest BCUT2D eigenvalue weighted by molar-refractivity contribution is 6.22. The molecule has 0 spiro atoms. The largest absolute Gasteiger partial charge is 0.494 e. The number of methoxy groups -OCH3 is 1. The number of esters is 1. The summed E-state index contributed by atoms with van der Waals surface area (Å²) >= 11 is 0. The average molecular weight is 499 g/mol. The summed E-state index contributed by atoms with van der Waals surface area (Å²) in [5, 5.41) is 11.6. The molecular formula is C29H30N4O4. The number of aromatic hydroxyl groups is 1. The van der Waals surface area contributed by atoms with Gasteiger partial charge in [-0.25, -0.2) is 9.79 Å². The van der Waals surface area contributed by atoms with Crippen molar-refractivity contribution in [2.75, 3.05) is 39.2 Å². The van der Waals surface area contributed by atoms with Crippen molar-refractivity contribution < 1.29 is 19.4 Å². The lowest BCUT2D eigenvalue weighted by molar-refractivity contribution is -0.119. The lowest BCUT2D eigenvalue weighted by atomic mass is 10.00. The summed E-state index contributed by atoms with van der Waals surface area (Å²) in [6, 6.07) is 22.1. The van der Waals surface area contributed by atoms with E-state index in [0.717, 1.165) is 16.6 Å². The molecule has 4 rings (SSSR count). The van der Waals surface area contributed by atoms with Crippen molar-refractivity contribution in [3.8, 4) is 5.88 Å². The number of anilines is 1. The number of carbonyl (C=O) groups is 2. The van der Waals surface area contributed by atoms with Gasteiger partial charge in [0.2, 0.25) is 5.91 Å². The number of H-pyrrole nitrogens is 1. The van der Waals surface area contributed by atoms with Crippen molar-refractivity contribution in [3.05, 3.63) is 89.5 Å². The van der Waals surface area contributed by atoms with Crippen LogP contribution in [0.3, 0.4) is 0 Å². The van der Waals surface area contributed by atoms with Crippen LogP contribution in [0.2, 0.25) is 0 Å². The van der Waals surface area contributed by atoms with E-state index in [-0.39, 0.29) is 11.8 Å². The molecule has 1 heterocycles. The van der Waals surface area contributed by atoms with E-state index >= 15 is 0 Å². The van der Waals surface area contributed by atoms with Crippen LogP contribution in [0.1, 0.15) is 28.4 Å². The van der Waals surface area contributed by atoms with Gasteiger partial charge in [0.15, 0.2) is 5.88 Å². The Morgan fingerprint density at radius 1 is 0.973 bits per heavy atom. The maximum absolute atomic E-state index is 12.6. The number of hydrogen-bond donors (Lipinski definition) is 2. The van der Waals surface area contributed by atoms with Crippen molar-refractivity contribution in [2.45, 2.75) is 6.92 Å². The topological polar surface area (TPSA) is 98.2 Å². The zero-order valence-corrected chi connectivity index (χ0v) is 21.4. The first-order chi connectivity index (χ1) is 17.8. The third-order valence-corrected chi connectivity index (χ3v) is 5.95. The van der Waals surface area contributed by atoms with Crippen LogP contribution in [-0.4, -0.2) is 66.9 Å². The van der Waals surface area contributed by atoms with E-state index in [0.29, 0.717) is 41.1 Å². The molecule has 2 N–H and O–H groups in total.